The lowest BCUT2D eigenvalue weighted by Gasteiger charge is -2.16. The van der Waals surface area contributed by atoms with Crippen LogP contribution < -0.4 is 0 Å². The van der Waals surface area contributed by atoms with Crippen LogP contribution in [0.15, 0.2) is 53.4 Å². The van der Waals surface area contributed by atoms with Gasteiger partial charge in [0, 0.05) is 23.7 Å². The summed E-state index contributed by atoms with van der Waals surface area (Å²) in [5.74, 6) is 0.377. The third kappa shape index (κ3) is 4.59. The van der Waals surface area contributed by atoms with E-state index in [9.17, 15) is 4.39 Å². The number of nitrogens with zero attached hydrogens (tertiary/aromatic N) is 2. The van der Waals surface area contributed by atoms with Gasteiger partial charge in [0.25, 0.3) is 0 Å². The molecule has 0 saturated carbocycles. The van der Waals surface area contributed by atoms with Crippen molar-refractivity contribution in [2.75, 3.05) is 19.3 Å². The van der Waals surface area contributed by atoms with Gasteiger partial charge in [0.15, 0.2) is 0 Å². The Morgan fingerprint density at radius 2 is 1.90 bits per heavy atom. The van der Waals surface area contributed by atoms with Gasteiger partial charge in [-0.2, -0.15) is 5.26 Å². The van der Waals surface area contributed by atoms with Crippen molar-refractivity contribution in [2.45, 2.75) is 11.4 Å². The molecule has 2 rings (SSSR count). The highest BCUT2D eigenvalue weighted by Crippen LogP contribution is 2.24. The van der Waals surface area contributed by atoms with Crippen molar-refractivity contribution >= 4 is 11.8 Å². The first-order valence-corrected chi connectivity index (χ1v) is 7.73. The molecule has 0 aliphatic heterocycles. The molecule has 0 aliphatic rings. The maximum Gasteiger partial charge on any atom is 0.142 e. The molecule has 0 N–H and O–H groups in total. The molecule has 0 atom stereocenters. The quantitative estimate of drug-likeness (QED) is 0.757. The van der Waals surface area contributed by atoms with Crippen LogP contribution in [0.2, 0.25) is 0 Å². The number of benzene rings is 2. The normalized spacial score (nSPS) is 10.6. The van der Waals surface area contributed by atoms with E-state index < -0.39 is 5.82 Å². The molecule has 0 saturated heterocycles. The summed E-state index contributed by atoms with van der Waals surface area (Å²) in [6.07, 6.45) is 0. The molecule has 0 heterocycles. The molecule has 0 unspecified atom stereocenters. The summed E-state index contributed by atoms with van der Waals surface area (Å²) in [6.45, 7) is 1.76. The van der Waals surface area contributed by atoms with Crippen LogP contribution in [0.5, 0.6) is 0 Å². The highest BCUT2D eigenvalue weighted by atomic mass is 32.2. The summed E-state index contributed by atoms with van der Waals surface area (Å²) < 4.78 is 13.5. The zero-order chi connectivity index (χ0) is 15.1. The van der Waals surface area contributed by atoms with Gasteiger partial charge in [-0.05, 0) is 24.7 Å². The number of nitriles is 1. The Morgan fingerprint density at radius 1 is 1.14 bits per heavy atom. The van der Waals surface area contributed by atoms with E-state index in [1.54, 1.807) is 12.1 Å². The SMILES string of the molecule is CN(CCSc1cccc(F)c1C#N)Cc1ccccc1. The minimum Gasteiger partial charge on any atom is -0.301 e. The van der Waals surface area contributed by atoms with E-state index in [1.807, 2.05) is 24.3 Å². The molecule has 0 aliphatic carbocycles. The van der Waals surface area contributed by atoms with E-state index in [0.29, 0.717) is 4.90 Å². The molecule has 0 radical (unpaired) electrons. The predicted molar refractivity (Wildman–Crippen MR) is 84.6 cm³/mol. The van der Waals surface area contributed by atoms with E-state index in [0.717, 1.165) is 18.8 Å². The van der Waals surface area contributed by atoms with E-state index in [1.165, 1.54) is 23.4 Å². The van der Waals surface area contributed by atoms with Crippen molar-refractivity contribution in [2.24, 2.45) is 0 Å². The number of hydrogen-bond acceptors (Lipinski definition) is 3. The molecule has 2 nitrogen and oxygen atoms in total. The van der Waals surface area contributed by atoms with Gasteiger partial charge in [-0.1, -0.05) is 36.4 Å². The van der Waals surface area contributed by atoms with E-state index >= 15 is 0 Å². The fraction of sp³-hybridized carbons (Fsp3) is 0.235. The third-order valence-electron chi connectivity index (χ3n) is 3.11. The summed E-state index contributed by atoms with van der Waals surface area (Å²) in [4.78, 5) is 2.93. The summed E-state index contributed by atoms with van der Waals surface area (Å²) in [6, 6.07) is 17.0. The van der Waals surface area contributed by atoms with Gasteiger partial charge in [0.2, 0.25) is 0 Å². The first kappa shape index (κ1) is 15.6. The maximum absolute atomic E-state index is 13.5. The van der Waals surface area contributed by atoms with Crippen molar-refractivity contribution < 1.29 is 4.39 Å². The molecule has 0 amide bonds. The van der Waals surface area contributed by atoms with Crippen molar-refractivity contribution in [3.05, 3.63) is 65.5 Å². The summed E-state index contributed by atoms with van der Waals surface area (Å²) in [5, 5.41) is 8.99. The highest BCUT2D eigenvalue weighted by molar-refractivity contribution is 7.99. The van der Waals surface area contributed by atoms with Gasteiger partial charge in [-0.15, -0.1) is 11.8 Å². The standard InChI is InChI=1S/C17H17FN2S/c1-20(13-14-6-3-2-4-7-14)10-11-21-17-9-5-8-16(18)15(17)12-19/h2-9H,10-11,13H2,1H3. The summed E-state index contributed by atoms with van der Waals surface area (Å²) in [5.41, 5.74) is 1.42. The maximum atomic E-state index is 13.5. The molecule has 2 aromatic rings. The lowest BCUT2D eigenvalue weighted by atomic mass is 10.2. The van der Waals surface area contributed by atoms with E-state index in [4.69, 9.17) is 5.26 Å². The zero-order valence-corrected chi connectivity index (χ0v) is 12.7. The summed E-state index contributed by atoms with van der Waals surface area (Å²) >= 11 is 1.52. The monoisotopic (exact) mass is 300 g/mol. The molecule has 0 spiro atoms. The predicted octanol–water partition coefficient (Wildman–Crippen LogP) is 3.92. The van der Waals surface area contributed by atoms with Gasteiger partial charge in [0.1, 0.15) is 17.4 Å². The van der Waals surface area contributed by atoms with Crippen LogP contribution in [-0.2, 0) is 6.54 Å². The largest absolute Gasteiger partial charge is 0.301 e. The molecule has 0 aromatic heterocycles. The van der Waals surface area contributed by atoms with Crippen molar-refractivity contribution in [3.63, 3.8) is 0 Å². The lowest BCUT2D eigenvalue weighted by Crippen LogP contribution is -2.20. The smallest absolute Gasteiger partial charge is 0.142 e. The van der Waals surface area contributed by atoms with E-state index in [2.05, 4.69) is 24.1 Å². The third-order valence-corrected chi connectivity index (χ3v) is 4.15. The van der Waals surface area contributed by atoms with Crippen LogP contribution in [-0.4, -0.2) is 24.2 Å². The Morgan fingerprint density at radius 3 is 2.62 bits per heavy atom. The second-order valence-corrected chi connectivity index (χ2v) is 5.93. The lowest BCUT2D eigenvalue weighted by molar-refractivity contribution is 0.348. The molecule has 21 heavy (non-hydrogen) atoms. The van der Waals surface area contributed by atoms with Gasteiger partial charge in [0.05, 0.1) is 0 Å². The Kier molecular flexibility index (Phi) is 5.79. The van der Waals surface area contributed by atoms with Crippen LogP contribution >= 0.6 is 11.8 Å². The first-order valence-electron chi connectivity index (χ1n) is 6.74. The minimum absolute atomic E-state index is 0.146. The van der Waals surface area contributed by atoms with Gasteiger partial charge in [-0.3, -0.25) is 0 Å². The Labute approximate surface area is 129 Å². The van der Waals surface area contributed by atoms with Gasteiger partial charge < -0.3 is 4.90 Å². The molecule has 0 fully saturated rings. The van der Waals surface area contributed by atoms with Crippen molar-refractivity contribution in [1.29, 1.82) is 5.26 Å². The number of thioether (sulfide) groups is 1. The second-order valence-electron chi connectivity index (χ2n) is 4.80. The van der Waals surface area contributed by atoms with Gasteiger partial charge in [-0.25, -0.2) is 4.39 Å². The zero-order valence-electron chi connectivity index (χ0n) is 11.9. The minimum atomic E-state index is -0.444. The Balaban J connectivity index is 1.85. The van der Waals surface area contributed by atoms with Crippen LogP contribution in [0.1, 0.15) is 11.1 Å². The average molecular weight is 300 g/mol. The van der Waals surface area contributed by atoms with Gasteiger partial charge >= 0.3 is 0 Å². The second kappa shape index (κ2) is 7.82. The molecular weight excluding hydrogens is 283 g/mol. The molecule has 0 bridgehead atoms. The van der Waals surface area contributed by atoms with Crippen molar-refractivity contribution in [1.82, 2.24) is 4.90 Å². The van der Waals surface area contributed by atoms with Crippen LogP contribution in [0, 0.1) is 17.1 Å². The Hall–Kier alpha value is -1.83. The molecule has 4 heteroatoms. The highest BCUT2D eigenvalue weighted by Gasteiger charge is 2.08. The molecule has 2 aromatic carbocycles. The first-order chi connectivity index (χ1) is 10.2. The number of rotatable bonds is 6. The molecular formula is C17H17FN2S. The van der Waals surface area contributed by atoms with Crippen LogP contribution in [0.3, 0.4) is 0 Å². The summed E-state index contributed by atoms with van der Waals surface area (Å²) in [7, 11) is 2.06. The fourth-order valence-electron chi connectivity index (χ4n) is 2.02. The average Bonchev–Trinajstić information content (AvgIpc) is 2.48. The number of hydrogen-bond donors (Lipinski definition) is 0. The molecule has 108 valence electrons. The topological polar surface area (TPSA) is 27.0 Å². The van der Waals surface area contributed by atoms with E-state index in [-0.39, 0.29) is 5.56 Å². The number of halogens is 1. The van der Waals surface area contributed by atoms with Crippen LogP contribution in [0.4, 0.5) is 4.39 Å². The van der Waals surface area contributed by atoms with Crippen LogP contribution in [0.25, 0.3) is 0 Å². The fourth-order valence-corrected chi connectivity index (χ4v) is 3.10. The van der Waals surface area contributed by atoms with Crippen molar-refractivity contribution in [3.8, 4) is 6.07 Å². The Bertz CT molecular complexity index is 622.